The Morgan fingerprint density at radius 2 is 1.86 bits per heavy atom. The molecule has 0 unspecified atom stereocenters. The van der Waals surface area contributed by atoms with Crippen molar-refractivity contribution >= 4 is 27.8 Å². The van der Waals surface area contributed by atoms with E-state index in [1.54, 1.807) is 28.8 Å². The van der Waals surface area contributed by atoms with Crippen LogP contribution >= 0.6 is 11.3 Å². The molecule has 0 aliphatic rings. The number of para-hydroxylation sites is 1. The topological polar surface area (TPSA) is 48.3 Å². The van der Waals surface area contributed by atoms with E-state index in [4.69, 9.17) is 4.74 Å². The Hall–Kier alpha value is -2.40. The largest absolute Gasteiger partial charge is 0.492 e. The summed E-state index contributed by atoms with van der Waals surface area (Å²) in [4.78, 5) is 22.5. The molecule has 0 bridgehead atoms. The quantitative estimate of drug-likeness (QED) is 0.681. The molecule has 0 N–H and O–H groups in total. The minimum atomic E-state index is 0.0242. The van der Waals surface area contributed by atoms with E-state index in [9.17, 15) is 9.59 Å². The molecule has 0 saturated heterocycles. The second-order valence-electron chi connectivity index (χ2n) is 4.52. The lowest BCUT2D eigenvalue weighted by Gasteiger charge is -2.07. The highest BCUT2D eigenvalue weighted by Gasteiger charge is 2.06. The first-order chi connectivity index (χ1) is 10.3. The molecule has 0 spiro atoms. The van der Waals surface area contributed by atoms with Crippen molar-refractivity contribution in [2.75, 3.05) is 6.61 Å². The van der Waals surface area contributed by atoms with E-state index < -0.39 is 0 Å². The van der Waals surface area contributed by atoms with E-state index >= 15 is 0 Å². The SMILES string of the molecule is O=Cc1ccc(OCCn2c(=O)sc3ccccc32)cc1. The molecule has 2 aromatic carbocycles. The third-order valence-corrected chi connectivity index (χ3v) is 4.13. The van der Waals surface area contributed by atoms with Gasteiger partial charge in [-0.05, 0) is 36.4 Å². The summed E-state index contributed by atoms with van der Waals surface area (Å²) in [6.45, 7) is 0.902. The van der Waals surface area contributed by atoms with Crippen LogP contribution in [0.4, 0.5) is 0 Å². The Balaban J connectivity index is 1.70. The number of aromatic nitrogens is 1. The first-order valence-electron chi connectivity index (χ1n) is 6.54. The Morgan fingerprint density at radius 3 is 2.62 bits per heavy atom. The highest BCUT2D eigenvalue weighted by Crippen LogP contribution is 2.16. The number of hydrogen-bond acceptors (Lipinski definition) is 4. The summed E-state index contributed by atoms with van der Waals surface area (Å²) in [5.41, 5.74) is 1.55. The van der Waals surface area contributed by atoms with Gasteiger partial charge in [0.1, 0.15) is 18.6 Å². The molecule has 0 aliphatic heterocycles. The van der Waals surface area contributed by atoms with Crippen molar-refractivity contribution in [3.63, 3.8) is 0 Å². The second-order valence-corrected chi connectivity index (χ2v) is 5.52. The Kier molecular flexibility index (Phi) is 3.83. The van der Waals surface area contributed by atoms with Crippen molar-refractivity contribution in [1.82, 2.24) is 4.57 Å². The fourth-order valence-corrected chi connectivity index (χ4v) is 3.04. The molecule has 4 nitrogen and oxygen atoms in total. The number of ether oxygens (including phenoxy) is 1. The summed E-state index contributed by atoms with van der Waals surface area (Å²) in [6, 6.07) is 14.6. The lowest BCUT2D eigenvalue weighted by atomic mass is 10.2. The number of aldehydes is 1. The summed E-state index contributed by atoms with van der Waals surface area (Å²) >= 11 is 1.24. The number of carbonyl (C=O) groups is 1. The molecule has 3 rings (SSSR count). The molecule has 0 saturated carbocycles. The van der Waals surface area contributed by atoms with Gasteiger partial charge in [0.05, 0.1) is 16.8 Å². The monoisotopic (exact) mass is 299 g/mol. The van der Waals surface area contributed by atoms with Gasteiger partial charge >= 0.3 is 4.87 Å². The summed E-state index contributed by atoms with van der Waals surface area (Å²) in [5, 5.41) is 0. The van der Waals surface area contributed by atoms with Gasteiger partial charge in [0.2, 0.25) is 0 Å². The first kappa shape index (κ1) is 13.6. The fourth-order valence-electron chi connectivity index (χ4n) is 2.12. The predicted octanol–water partition coefficient (Wildman–Crippen LogP) is 2.95. The van der Waals surface area contributed by atoms with Crippen molar-refractivity contribution in [1.29, 1.82) is 0 Å². The highest BCUT2D eigenvalue weighted by molar-refractivity contribution is 7.16. The van der Waals surface area contributed by atoms with Crippen LogP contribution < -0.4 is 9.61 Å². The van der Waals surface area contributed by atoms with Crippen LogP contribution in [0.15, 0.2) is 53.3 Å². The van der Waals surface area contributed by atoms with E-state index in [0.29, 0.717) is 24.5 Å². The van der Waals surface area contributed by atoms with Gasteiger partial charge in [0, 0.05) is 5.56 Å². The molecular weight excluding hydrogens is 286 g/mol. The van der Waals surface area contributed by atoms with Gasteiger partial charge in [0.25, 0.3) is 0 Å². The number of thiazole rings is 1. The third-order valence-electron chi connectivity index (χ3n) is 3.17. The van der Waals surface area contributed by atoms with Crippen molar-refractivity contribution in [2.24, 2.45) is 0 Å². The van der Waals surface area contributed by atoms with Crippen LogP contribution in [0.5, 0.6) is 5.75 Å². The molecule has 1 aromatic heterocycles. The molecule has 0 fully saturated rings. The van der Waals surface area contributed by atoms with Gasteiger partial charge in [0.15, 0.2) is 0 Å². The van der Waals surface area contributed by atoms with Crippen LogP contribution in [0, 0.1) is 0 Å². The van der Waals surface area contributed by atoms with Crippen LogP contribution in [0.1, 0.15) is 10.4 Å². The molecule has 1 heterocycles. The number of fused-ring (bicyclic) bond motifs is 1. The fraction of sp³-hybridized carbons (Fsp3) is 0.125. The highest BCUT2D eigenvalue weighted by atomic mass is 32.1. The molecule has 0 radical (unpaired) electrons. The van der Waals surface area contributed by atoms with Gasteiger partial charge in [-0.15, -0.1) is 0 Å². The van der Waals surface area contributed by atoms with Crippen LogP contribution in [0.2, 0.25) is 0 Å². The maximum atomic E-state index is 12.0. The van der Waals surface area contributed by atoms with E-state index in [1.807, 2.05) is 24.3 Å². The zero-order valence-electron chi connectivity index (χ0n) is 11.2. The molecule has 5 heteroatoms. The van der Waals surface area contributed by atoms with Gasteiger partial charge in [-0.3, -0.25) is 14.2 Å². The summed E-state index contributed by atoms with van der Waals surface area (Å²) in [5.74, 6) is 0.688. The van der Waals surface area contributed by atoms with Crippen molar-refractivity contribution < 1.29 is 9.53 Å². The minimum Gasteiger partial charge on any atom is -0.492 e. The average molecular weight is 299 g/mol. The number of rotatable bonds is 5. The van der Waals surface area contributed by atoms with Gasteiger partial charge in [-0.2, -0.15) is 0 Å². The zero-order chi connectivity index (χ0) is 14.7. The molecular formula is C16H13NO3S. The van der Waals surface area contributed by atoms with Crippen LogP contribution in [-0.4, -0.2) is 17.5 Å². The number of carbonyl (C=O) groups excluding carboxylic acids is 1. The minimum absolute atomic E-state index is 0.0242. The number of nitrogens with zero attached hydrogens (tertiary/aromatic N) is 1. The Morgan fingerprint density at radius 1 is 1.10 bits per heavy atom. The Bertz CT molecular complexity index is 817. The van der Waals surface area contributed by atoms with E-state index in [1.165, 1.54) is 11.3 Å². The normalized spacial score (nSPS) is 10.7. The lowest BCUT2D eigenvalue weighted by Crippen LogP contribution is -2.17. The van der Waals surface area contributed by atoms with Crippen LogP contribution in [0.25, 0.3) is 10.2 Å². The summed E-state index contributed by atoms with van der Waals surface area (Å²) in [6.07, 6.45) is 0.792. The van der Waals surface area contributed by atoms with Crippen molar-refractivity contribution in [2.45, 2.75) is 6.54 Å². The third kappa shape index (κ3) is 2.87. The van der Waals surface area contributed by atoms with E-state index in [2.05, 4.69) is 0 Å². The van der Waals surface area contributed by atoms with Gasteiger partial charge in [-0.25, -0.2) is 0 Å². The van der Waals surface area contributed by atoms with Crippen molar-refractivity contribution in [3.8, 4) is 5.75 Å². The molecule has 3 aromatic rings. The molecule has 106 valence electrons. The molecule has 21 heavy (non-hydrogen) atoms. The van der Waals surface area contributed by atoms with Crippen LogP contribution in [0.3, 0.4) is 0 Å². The second kappa shape index (κ2) is 5.93. The number of benzene rings is 2. The lowest BCUT2D eigenvalue weighted by molar-refractivity contribution is 0.112. The van der Waals surface area contributed by atoms with E-state index in [0.717, 1.165) is 16.5 Å². The molecule has 0 aliphatic carbocycles. The first-order valence-corrected chi connectivity index (χ1v) is 7.36. The average Bonchev–Trinajstić information content (AvgIpc) is 2.84. The molecule has 0 amide bonds. The number of hydrogen-bond donors (Lipinski definition) is 0. The zero-order valence-corrected chi connectivity index (χ0v) is 12.0. The van der Waals surface area contributed by atoms with Crippen LogP contribution in [-0.2, 0) is 6.54 Å². The summed E-state index contributed by atoms with van der Waals surface area (Å²) < 4.78 is 8.32. The van der Waals surface area contributed by atoms with Gasteiger partial charge in [-0.1, -0.05) is 23.5 Å². The standard InChI is InChI=1S/C16H13NO3S/c18-11-12-5-7-13(8-6-12)20-10-9-17-14-3-1-2-4-15(14)21-16(17)19/h1-8,11H,9-10H2. The molecule has 0 atom stereocenters. The summed E-state index contributed by atoms with van der Waals surface area (Å²) in [7, 11) is 0. The maximum Gasteiger partial charge on any atom is 0.308 e. The predicted molar refractivity (Wildman–Crippen MR) is 83.4 cm³/mol. The van der Waals surface area contributed by atoms with E-state index in [-0.39, 0.29) is 4.87 Å². The maximum absolute atomic E-state index is 12.0. The van der Waals surface area contributed by atoms with Gasteiger partial charge < -0.3 is 4.74 Å². The smallest absolute Gasteiger partial charge is 0.308 e. The Labute approximate surface area is 125 Å². The van der Waals surface area contributed by atoms with Crippen molar-refractivity contribution in [3.05, 3.63) is 63.8 Å².